The van der Waals surface area contributed by atoms with Gasteiger partial charge in [0.05, 0.1) is 29.4 Å². The molecule has 3 rings (SSSR count). The van der Waals surface area contributed by atoms with Crippen molar-refractivity contribution >= 4 is 23.5 Å². The van der Waals surface area contributed by atoms with E-state index in [2.05, 4.69) is 15.2 Å². The lowest BCUT2D eigenvalue weighted by molar-refractivity contribution is 0.0525. The van der Waals surface area contributed by atoms with Gasteiger partial charge in [-0.3, -0.25) is 9.36 Å². The van der Waals surface area contributed by atoms with Crippen LogP contribution in [0.15, 0.2) is 28.0 Å². The Balaban J connectivity index is 1.84. The highest BCUT2D eigenvalue weighted by atomic mass is 32.2. The maximum atomic E-state index is 13.1. The molecule has 0 aliphatic rings. The van der Waals surface area contributed by atoms with Crippen molar-refractivity contribution in [2.75, 3.05) is 6.61 Å². The largest absolute Gasteiger partial charge is 0.462 e. The Morgan fingerprint density at radius 3 is 2.69 bits per heavy atom. The van der Waals surface area contributed by atoms with Crippen LogP contribution in [0.2, 0.25) is 0 Å². The summed E-state index contributed by atoms with van der Waals surface area (Å²) >= 11 is 1.32. The van der Waals surface area contributed by atoms with Crippen LogP contribution in [0.3, 0.4) is 0 Å². The number of aromatic nitrogens is 4. The van der Waals surface area contributed by atoms with Gasteiger partial charge in [-0.15, -0.1) is 10.2 Å². The minimum Gasteiger partial charge on any atom is -0.462 e. The van der Waals surface area contributed by atoms with Crippen LogP contribution in [0.1, 0.15) is 52.9 Å². The van der Waals surface area contributed by atoms with E-state index in [0.29, 0.717) is 45.8 Å². The molecule has 0 radical (unpaired) electrons. The van der Waals surface area contributed by atoms with Gasteiger partial charge in [0.2, 0.25) is 0 Å². The second-order valence-corrected chi connectivity index (χ2v) is 7.81. The Morgan fingerprint density at radius 1 is 1.31 bits per heavy atom. The molecule has 1 atom stereocenters. The minimum atomic E-state index is -0.430. The van der Waals surface area contributed by atoms with E-state index in [1.54, 1.807) is 33.1 Å². The predicted molar refractivity (Wildman–Crippen MR) is 109 cm³/mol. The molecule has 9 heteroatoms. The summed E-state index contributed by atoms with van der Waals surface area (Å²) in [4.78, 5) is 28.3. The van der Waals surface area contributed by atoms with Crippen LogP contribution in [0.5, 0.6) is 0 Å². The molecule has 8 nitrogen and oxygen atoms in total. The molecular formula is C20H24N4O4S. The topological polar surface area (TPSA) is 103 Å². The third-order valence-electron chi connectivity index (χ3n) is 4.59. The summed E-state index contributed by atoms with van der Waals surface area (Å²) < 4.78 is 12.4. The molecule has 0 aliphatic carbocycles. The van der Waals surface area contributed by atoms with Crippen molar-refractivity contribution < 1.29 is 18.7 Å². The molecule has 154 valence electrons. The van der Waals surface area contributed by atoms with Crippen LogP contribution in [0, 0.1) is 13.8 Å². The number of hydrogen-bond donors (Lipinski definition) is 1. The lowest BCUT2D eigenvalue weighted by atomic mass is 10.1. The Labute approximate surface area is 173 Å². The molecule has 3 aromatic heterocycles. The van der Waals surface area contributed by atoms with Gasteiger partial charge in [-0.05, 0) is 52.3 Å². The number of Topliss-reactive ketones (excluding diaryl/α,β-unsaturated/α-hetero) is 1. The number of esters is 1. The zero-order valence-corrected chi connectivity index (χ0v) is 17.9. The maximum absolute atomic E-state index is 13.1. The number of aryl methyl sites for hydroxylation is 1. The number of hydrogen-bond acceptors (Lipinski definition) is 7. The zero-order chi connectivity index (χ0) is 21.1. The van der Waals surface area contributed by atoms with Crippen molar-refractivity contribution in [3.05, 3.63) is 40.9 Å². The number of thioether (sulfide) groups is 1. The molecule has 0 aromatic carbocycles. The van der Waals surface area contributed by atoms with Crippen LogP contribution in [0.4, 0.5) is 0 Å². The van der Waals surface area contributed by atoms with Crippen LogP contribution >= 0.6 is 11.8 Å². The highest BCUT2D eigenvalue weighted by Crippen LogP contribution is 2.30. The van der Waals surface area contributed by atoms with Gasteiger partial charge >= 0.3 is 5.97 Å². The molecule has 3 aromatic rings. The van der Waals surface area contributed by atoms with Gasteiger partial charge in [-0.25, -0.2) is 4.79 Å². The second-order valence-electron chi connectivity index (χ2n) is 6.50. The van der Waals surface area contributed by atoms with Gasteiger partial charge in [0, 0.05) is 12.2 Å². The summed E-state index contributed by atoms with van der Waals surface area (Å²) in [5.41, 5.74) is 2.06. The molecule has 1 unspecified atom stereocenters. The van der Waals surface area contributed by atoms with Crippen molar-refractivity contribution in [1.82, 2.24) is 19.7 Å². The third kappa shape index (κ3) is 4.00. The first kappa shape index (κ1) is 20.9. The quantitative estimate of drug-likeness (QED) is 0.336. The van der Waals surface area contributed by atoms with E-state index in [0.717, 1.165) is 0 Å². The maximum Gasteiger partial charge on any atom is 0.340 e. The summed E-state index contributed by atoms with van der Waals surface area (Å²) in [6.07, 6.45) is 1.58. The van der Waals surface area contributed by atoms with Gasteiger partial charge in [0.25, 0.3) is 0 Å². The monoisotopic (exact) mass is 416 g/mol. The number of nitrogens with zero attached hydrogens (tertiary/aromatic N) is 3. The van der Waals surface area contributed by atoms with E-state index < -0.39 is 11.2 Å². The van der Waals surface area contributed by atoms with E-state index >= 15 is 0 Å². The number of rotatable bonds is 8. The van der Waals surface area contributed by atoms with Gasteiger partial charge in [0.15, 0.2) is 22.5 Å². The molecule has 29 heavy (non-hydrogen) atoms. The normalized spacial score (nSPS) is 12.2. The van der Waals surface area contributed by atoms with Gasteiger partial charge in [-0.1, -0.05) is 11.8 Å². The number of carbonyl (C=O) groups excluding carboxylic acids is 2. The van der Waals surface area contributed by atoms with Crippen molar-refractivity contribution in [2.45, 2.75) is 51.6 Å². The Hall–Kier alpha value is -2.81. The fourth-order valence-corrected chi connectivity index (χ4v) is 4.14. The lowest BCUT2D eigenvalue weighted by Gasteiger charge is -2.11. The van der Waals surface area contributed by atoms with Crippen molar-refractivity contribution in [2.24, 2.45) is 0 Å². The fraction of sp³-hybridized carbons (Fsp3) is 0.400. The SMILES string of the molecule is CCOC(=O)c1c(C)[nH]c(C(=O)C(C)Sc2nnc(-c3ccco3)n2CC)c1C. The van der Waals surface area contributed by atoms with Crippen LogP contribution in [-0.4, -0.2) is 43.4 Å². The molecule has 0 saturated carbocycles. The number of furan rings is 1. The van der Waals surface area contributed by atoms with Crippen molar-refractivity contribution in [3.63, 3.8) is 0 Å². The fourth-order valence-electron chi connectivity index (χ4n) is 3.17. The standard InChI is InChI=1S/C20H24N4O4S/c1-6-24-18(14-9-8-10-28-14)22-23-20(24)29-13(5)17(25)16-11(3)15(12(4)21-16)19(26)27-7-2/h8-10,13,21H,6-7H2,1-5H3. The smallest absolute Gasteiger partial charge is 0.340 e. The molecule has 0 spiro atoms. The first-order valence-electron chi connectivity index (χ1n) is 9.43. The molecule has 1 N–H and O–H groups in total. The highest BCUT2D eigenvalue weighted by molar-refractivity contribution is 8.00. The van der Waals surface area contributed by atoms with E-state index in [1.807, 2.05) is 24.5 Å². The highest BCUT2D eigenvalue weighted by Gasteiger charge is 2.27. The first-order chi connectivity index (χ1) is 13.9. The zero-order valence-electron chi connectivity index (χ0n) is 17.1. The van der Waals surface area contributed by atoms with E-state index in [4.69, 9.17) is 9.15 Å². The van der Waals surface area contributed by atoms with Gasteiger partial charge in [-0.2, -0.15) is 0 Å². The third-order valence-corrected chi connectivity index (χ3v) is 5.67. The summed E-state index contributed by atoms with van der Waals surface area (Å²) in [5.74, 6) is 0.708. The number of aromatic amines is 1. The molecule has 0 bridgehead atoms. The van der Waals surface area contributed by atoms with Crippen LogP contribution in [-0.2, 0) is 11.3 Å². The summed E-state index contributed by atoms with van der Waals surface area (Å²) in [6, 6.07) is 3.61. The molecule has 0 aliphatic heterocycles. The van der Waals surface area contributed by atoms with E-state index in [9.17, 15) is 9.59 Å². The summed E-state index contributed by atoms with van der Waals surface area (Å²) in [5, 5.41) is 8.65. The van der Waals surface area contributed by atoms with E-state index in [-0.39, 0.29) is 12.4 Å². The molecule has 3 heterocycles. The number of ether oxygens (including phenoxy) is 1. The minimum absolute atomic E-state index is 0.114. The Bertz CT molecular complexity index is 1020. The summed E-state index contributed by atoms with van der Waals surface area (Å²) in [6.45, 7) is 9.98. The predicted octanol–water partition coefficient (Wildman–Crippen LogP) is 4.04. The Kier molecular flexibility index (Phi) is 6.26. The average Bonchev–Trinajstić information content (AvgIpc) is 3.40. The lowest BCUT2D eigenvalue weighted by Crippen LogP contribution is -2.16. The summed E-state index contributed by atoms with van der Waals surface area (Å²) in [7, 11) is 0. The number of H-pyrrole nitrogens is 1. The second kappa shape index (κ2) is 8.69. The average molecular weight is 417 g/mol. The number of ketones is 1. The molecule has 0 amide bonds. The van der Waals surface area contributed by atoms with Gasteiger partial charge < -0.3 is 14.1 Å². The van der Waals surface area contributed by atoms with Crippen LogP contribution in [0.25, 0.3) is 11.6 Å². The molecule has 0 fully saturated rings. The number of carbonyl (C=O) groups is 2. The molecule has 0 saturated heterocycles. The van der Waals surface area contributed by atoms with Gasteiger partial charge in [0.1, 0.15) is 0 Å². The van der Waals surface area contributed by atoms with Crippen molar-refractivity contribution in [1.29, 1.82) is 0 Å². The molecular weight excluding hydrogens is 392 g/mol. The van der Waals surface area contributed by atoms with Crippen molar-refractivity contribution in [3.8, 4) is 11.6 Å². The van der Waals surface area contributed by atoms with E-state index in [1.165, 1.54) is 11.8 Å². The first-order valence-corrected chi connectivity index (χ1v) is 10.3. The van der Waals surface area contributed by atoms with Crippen LogP contribution < -0.4 is 0 Å². The number of nitrogens with one attached hydrogen (secondary N) is 1. The Morgan fingerprint density at radius 2 is 2.07 bits per heavy atom.